The Morgan fingerprint density at radius 1 is 0.826 bits per heavy atom. The van der Waals surface area contributed by atoms with Gasteiger partial charge in [-0.25, -0.2) is 9.97 Å². The number of para-hydroxylation sites is 4. The Bertz CT molecular complexity index is 871. The van der Waals surface area contributed by atoms with Gasteiger partial charge in [-0.3, -0.25) is 4.90 Å². The summed E-state index contributed by atoms with van der Waals surface area (Å²) in [7, 11) is 2.11. The highest BCUT2D eigenvalue weighted by atomic mass is 15.1. The number of likely N-dealkylation sites (N-methyl/N-ethyl adjacent to an activating group) is 1. The first-order chi connectivity index (χ1) is 11.3. The van der Waals surface area contributed by atoms with Gasteiger partial charge in [0.1, 0.15) is 11.6 Å². The van der Waals surface area contributed by atoms with Crippen molar-refractivity contribution >= 4 is 22.1 Å². The van der Waals surface area contributed by atoms with E-state index in [2.05, 4.69) is 44.0 Å². The van der Waals surface area contributed by atoms with Crippen LogP contribution >= 0.6 is 0 Å². The monoisotopic (exact) mass is 305 g/mol. The summed E-state index contributed by atoms with van der Waals surface area (Å²) >= 11 is 0. The third kappa shape index (κ3) is 2.96. The van der Waals surface area contributed by atoms with Crippen LogP contribution < -0.4 is 0 Å². The molecule has 0 saturated heterocycles. The van der Waals surface area contributed by atoms with Crippen molar-refractivity contribution in [2.75, 3.05) is 13.6 Å². The minimum atomic E-state index is 0.801. The number of rotatable bonds is 5. The van der Waals surface area contributed by atoms with Gasteiger partial charge in [0.15, 0.2) is 0 Å². The second-order valence-corrected chi connectivity index (χ2v) is 5.89. The van der Waals surface area contributed by atoms with Crippen LogP contribution in [0.15, 0.2) is 48.5 Å². The van der Waals surface area contributed by atoms with Crippen LogP contribution in [0.2, 0.25) is 0 Å². The van der Waals surface area contributed by atoms with E-state index in [4.69, 9.17) is 0 Å². The molecule has 0 amide bonds. The van der Waals surface area contributed by atoms with Crippen molar-refractivity contribution in [3.63, 3.8) is 0 Å². The molecule has 0 aliphatic heterocycles. The van der Waals surface area contributed by atoms with Crippen molar-refractivity contribution in [3.8, 4) is 0 Å². The highest BCUT2D eigenvalue weighted by Gasteiger charge is 2.07. The fraction of sp³-hybridized carbons (Fsp3) is 0.222. The second-order valence-electron chi connectivity index (χ2n) is 5.89. The van der Waals surface area contributed by atoms with Crippen LogP contribution in [0, 0.1) is 0 Å². The molecule has 0 aliphatic rings. The number of hydrogen-bond acceptors (Lipinski definition) is 3. The molecular formula is C18H19N5. The average Bonchev–Trinajstić information content (AvgIpc) is 3.15. The number of imidazole rings is 2. The minimum absolute atomic E-state index is 0.801. The molecule has 0 aliphatic carbocycles. The van der Waals surface area contributed by atoms with Gasteiger partial charge in [-0.05, 0) is 31.3 Å². The molecule has 2 aromatic heterocycles. The number of H-pyrrole nitrogens is 2. The number of benzene rings is 2. The summed E-state index contributed by atoms with van der Waals surface area (Å²) < 4.78 is 0. The molecule has 2 aromatic carbocycles. The lowest BCUT2D eigenvalue weighted by atomic mass is 10.3. The van der Waals surface area contributed by atoms with E-state index in [-0.39, 0.29) is 0 Å². The standard InChI is InChI=1S/C18H19N5/c1-23(12-18-21-15-8-4-5-9-16(15)22-18)11-10-17-19-13-6-2-3-7-14(13)20-17/h2-9H,10-12H2,1H3,(H,19,20)(H,21,22). The molecule has 0 radical (unpaired) electrons. The van der Waals surface area contributed by atoms with E-state index >= 15 is 0 Å². The Kier molecular flexibility index (Phi) is 3.55. The number of nitrogens with zero attached hydrogens (tertiary/aromatic N) is 3. The third-order valence-electron chi connectivity index (χ3n) is 4.03. The molecule has 4 aromatic rings. The highest BCUT2D eigenvalue weighted by molar-refractivity contribution is 5.75. The smallest absolute Gasteiger partial charge is 0.121 e. The number of aromatic nitrogens is 4. The zero-order valence-corrected chi connectivity index (χ0v) is 13.1. The van der Waals surface area contributed by atoms with Crippen molar-refractivity contribution < 1.29 is 0 Å². The van der Waals surface area contributed by atoms with Crippen molar-refractivity contribution in [1.29, 1.82) is 0 Å². The predicted molar refractivity (Wildman–Crippen MR) is 92.2 cm³/mol. The lowest BCUT2D eigenvalue weighted by Crippen LogP contribution is -2.21. The Labute approximate surface area is 134 Å². The normalized spacial score (nSPS) is 11.7. The number of hydrogen-bond donors (Lipinski definition) is 2. The molecular weight excluding hydrogens is 286 g/mol. The third-order valence-corrected chi connectivity index (χ3v) is 4.03. The summed E-state index contributed by atoms with van der Waals surface area (Å²) in [5.41, 5.74) is 4.24. The Balaban J connectivity index is 1.40. The van der Waals surface area contributed by atoms with Gasteiger partial charge in [0.2, 0.25) is 0 Å². The molecule has 23 heavy (non-hydrogen) atoms. The fourth-order valence-electron chi connectivity index (χ4n) is 2.84. The Hall–Kier alpha value is -2.66. The van der Waals surface area contributed by atoms with Crippen LogP contribution in [0.4, 0.5) is 0 Å². The van der Waals surface area contributed by atoms with Crippen LogP contribution in [0.5, 0.6) is 0 Å². The topological polar surface area (TPSA) is 60.6 Å². The zero-order chi connectivity index (χ0) is 15.6. The van der Waals surface area contributed by atoms with Gasteiger partial charge in [-0.2, -0.15) is 0 Å². The molecule has 0 fully saturated rings. The predicted octanol–water partition coefficient (Wildman–Crippen LogP) is 3.11. The highest BCUT2D eigenvalue weighted by Crippen LogP contribution is 2.13. The lowest BCUT2D eigenvalue weighted by molar-refractivity contribution is 0.322. The first-order valence-electron chi connectivity index (χ1n) is 7.84. The van der Waals surface area contributed by atoms with Crippen molar-refractivity contribution in [2.24, 2.45) is 0 Å². The van der Waals surface area contributed by atoms with E-state index in [1.165, 1.54) is 0 Å². The summed E-state index contributed by atoms with van der Waals surface area (Å²) in [6.07, 6.45) is 0.894. The molecule has 4 rings (SSSR count). The first kappa shape index (κ1) is 14.0. The van der Waals surface area contributed by atoms with Gasteiger partial charge in [0.05, 0.1) is 28.6 Å². The van der Waals surface area contributed by atoms with Gasteiger partial charge in [-0.15, -0.1) is 0 Å². The SMILES string of the molecule is CN(CCc1nc2ccccc2[nH]1)Cc1nc2ccccc2[nH]1. The average molecular weight is 305 g/mol. The minimum Gasteiger partial charge on any atom is -0.342 e. The Morgan fingerprint density at radius 3 is 2.04 bits per heavy atom. The molecule has 0 bridgehead atoms. The van der Waals surface area contributed by atoms with Crippen LogP contribution in [0.25, 0.3) is 22.1 Å². The Morgan fingerprint density at radius 2 is 1.39 bits per heavy atom. The summed E-state index contributed by atoms with van der Waals surface area (Å²) in [5, 5.41) is 0. The molecule has 5 heteroatoms. The summed E-state index contributed by atoms with van der Waals surface area (Å²) in [5.74, 6) is 2.03. The molecule has 5 nitrogen and oxygen atoms in total. The van der Waals surface area contributed by atoms with Crippen molar-refractivity contribution in [3.05, 3.63) is 60.2 Å². The van der Waals surface area contributed by atoms with Gasteiger partial charge < -0.3 is 9.97 Å². The maximum atomic E-state index is 4.62. The van der Waals surface area contributed by atoms with Crippen molar-refractivity contribution in [2.45, 2.75) is 13.0 Å². The van der Waals surface area contributed by atoms with Gasteiger partial charge in [0.25, 0.3) is 0 Å². The van der Waals surface area contributed by atoms with Gasteiger partial charge >= 0.3 is 0 Å². The van der Waals surface area contributed by atoms with E-state index in [0.717, 1.165) is 53.2 Å². The van der Waals surface area contributed by atoms with Crippen molar-refractivity contribution in [1.82, 2.24) is 24.8 Å². The van der Waals surface area contributed by atoms with E-state index in [1.807, 2.05) is 36.4 Å². The molecule has 2 N–H and O–H groups in total. The number of fused-ring (bicyclic) bond motifs is 2. The molecule has 116 valence electrons. The summed E-state index contributed by atoms with van der Waals surface area (Å²) in [6, 6.07) is 16.3. The molecule has 2 heterocycles. The largest absolute Gasteiger partial charge is 0.342 e. The molecule has 0 spiro atoms. The summed E-state index contributed by atoms with van der Waals surface area (Å²) in [4.78, 5) is 18.2. The van der Waals surface area contributed by atoms with Crippen LogP contribution in [0.1, 0.15) is 11.6 Å². The van der Waals surface area contributed by atoms with Crippen LogP contribution in [0.3, 0.4) is 0 Å². The molecule has 0 atom stereocenters. The van der Waals surface area contributed by atoms with E-state index < -0.39 is 0 Å². The first-order valence-corrected chi connectivity index (χ1v) is 7.84. The maximum Gasteiger partial charge on any atom is 0.121 e. The molecule has 0 unspecified atom stereocenters. The number of nitrogens with one attached hydrogen (secondary N) is 2. The molecule has 0 saturated carbocycles. The van der Waals surface area contributed by atoms with Crippen LogP contribution in [-0.4, -0.2) is 38.4 Å². The van der Waals surface area contributed by atoms with Gasteiger partial charge in [0, 0.05) is 13.0 Å². The fourth-order valence-corrected chi connectivity index (χ4v) is 2.84. The summed E-state index contributed by atoms with van der Waals surface area (Å²) in [6.45, 7) is 1.73. The number of aromatic amines is 2. The maximum absolute atomic E-state index is 4.62. The zero-order valence-electron chi connectivity index (χ0n) is 13.1. The van der Waals surface area contributed by atoms with E-state index in [0.29, 0.717) is 0 Å². The van der Waals surface area contributed by atoms with Crippen LogP contribution in [-0.2, 0) is 13.0 Å². The quantitative estimate of drug-likeness (QED) is 0.595. The lowest BCUT2D eigenvalue weighted by Gasteiger charge is -2.13. The van der Waals surface area contributed by atoms with E-state index in [9.17, 15) is 0 Å². The van der Waals surface area contributed by atoms with E-state index in [1.54, 1.807) is 0 Å². The van der Waals surface area contributed by atoms with Gasteiger partial charge in [-0.1, -0.05) is 24.3 Å². The second kappa shape index (κ2) is 5.85.